The van der Waals surface area contributed by atoms with Gasteiger partial charge in [-0.3, -0.25) is 4.79 Å². The Kier molecular flexibility index (Phi) is 6.56. The van der Waals surface area contributed by atoms with E-state index in [1.807, 2.05) is 31.9 Å². The number of nitrogens with zero attached hydrogens (tertiary/aromatic N) is 1. The first-order valence-electron chi connectivity index (χ1n) is 7.12. The van der Waals surface area contributed by atoms with Gasteiger partial charge in [0.1, 0.15) is 5.76 Å². The van der Waals surface area contributed by atoms with Crippen LogP contribution in [0.3, 0.4) is 0 Å². The highest BCUT2D eigenvalue weighted by molar-refractivity contribution is 5.93. The summed E-state index contributed by atoms with van der Waals surface area (Å²) in [5.74, 6) is 2.13. The second kappa shape index (κ2) is 7.70. The number of nitrogens with one attached hydrogen (secondary N) is 1. The van der Waals surface area contributed by atoms with Crippen molar-refractivity contribution in [3.63, 3.8) is 0 Å². The van der Waals surface area contributed by atoms with Gasteiger partial charge in [-0.25, -0.2) is 0 Å². The number of rotatable bonds is 4. The van der Waals surface area contributed by atoms with Gasteiger partial charge in [-0.1, -0.05) is 0 Å². The molecule has 0 aliphatic carbocycles. The van der Waals surface area contributed by atoms with Gasteiger partial charge in [0.25, 0.3) is 5.91 Å². The van der Waals surface area contributed by atoms with Gasteiger partial charge in [0.2, 0.25) is 0 Å². The molecule has 0 atom stereocenters. The normalized spacial score (nSPS) is 16.1. The Bertz CT molecular complexity index is 437. The van der Waals surface area contributed by atoms with Gasteiger partial charge in [0.05, 0.1) is 0 Å². The maximum atomic E-state index is 12.4. The molecule has 1 aromatic heterocycles. The number of likely N-dealkylation sites (tertiary alicyclic amines) is 1. The summed E-state index contributed by atoms with van der Waals surface area (Å²) in [7, 11) is 1.99. The Labute approximate surface area is 127 Å². The van der Waals surface area contributed by atoms with E-state index in [0.29, 0.717) is 5.76 Å². The number of carbonyl (C=O) groups is 1. The van der Waals surface area contributed by atoms with Crippen LogP contribution < -0.4 is 5.32 Å². The summed E-state index contributed by atoms with van der Waals surface area (Å²) >= 11 is 0. The molecule has 1 saturated heterocycles. The fourth-order valence-electron chi connectivity index (χ4n) is 2.77. The van der Waals surface area contributed by atoms with E-state index in [4.69, 9.17) is 4.42 Å². The molecule has 1 aliphatic heterocycles. The molecule has 0 unspecified atom stereocenters. The van der Waals surface area contributed by atoms with Gasteiger partial charge in [0, 0.05) is 18.7 Å². The van der Waals surface area contributed by atoms with Crippen molar-refractivity contribution in [2.75, 3.05) is 26.7 Å². The number of halogens is 1. The highest BCUT2D eigenvalue weighted by Crippen LogP contribution is 2.23. The average Bonchev–Trinajstić information content (AvgIpc) is 2.75. The lowest BCUT2D eigenvalue weighted by Gasteiger charge is -2.31. The smallest absolute Gasteiger partial charge is 0.289 e. The van der Waals surface area contributed by atoms with Crippen molar-refractivity contribution in [2.45, 2.75) is 33.1 Å². The molecule has 1 amide bonds. The van der Waals surface area contributed by atoms with Crippen molar-refractivity contribution in [1.29, 1.82) is 0 Å². The number of piperidine rings is 1. The van der Waals surface area contributed by atoms with Crippen LogP contribution in [0.25, 0.3) is 0 Å². The first-order chi connectivity index (χ1) is 9.11. The van der Waals surface area contributed by atoms with Crippen molar-refractivity contribution in [2.24, 2.45) is 5.92 Å². The molecule has 0 radical (unpaired) electrons. The lowest BCUT2D eigenvalue weighted by atomic mass is 9.93. The maximum Gasteiger partial charge on any atom is 0.289 e. The average molecular weight is 301 g/mol. The van der Waals surface area contributed by atoms with E-state index in [-0.39, 0.29) is 18.3 Å². The zero-order chi connectivity index (χ0) is 13.8. The third-order valence-corrected chi connectivity index (χ3v) is 3.94. The number of hydrogen-bond acceptors (Lipinski definition) is 3. The molecule has 2 rings (SSSR count). The minimum Gasteiger partial charge on any atom is -0.456 e. The molecule has 5 heteroatoms. The maximum absolute atomic E-state index is 12.4. The third kappa shape index (κ3) is 4.00. The Balaban J connectivity index is 0.00000200. The van der Waals surface area contributed by atoms with Crippen LogP contribution in [0.15, 0.2) is 10.5 Å². The van der Waals surface area contributed by atoms with E-state index < -0.39 is 0 Å². The topological polar surface area (TPSA) is 45.5 Å². The Morgan fingerprint density at radius 1 is 1.40 bits per heavy atom. The molecule has 2 heterocycles. The van der Waals surface area contributed by atoms with Crippen molar-refractivity contribution in [1.82, 2.24) is 10.2 Å². The molecule has 1 aliphatic rings. The zero-order valence-corrected chi connectivity index (χ0v) is 13.4. The summed E-state index contributed by atoms with van der Waals surface area (Å²) in [5, 5.41) is 3.19. The van der Waals surface area contributed by atoms with Crippen molar-refractivity contribution < 1.29 is 9.21 Å². The standard InChI is InChI=1S/C15H24N2O2.ClH/c1-11-10-12(2)19-14(11)15(18)17-8-5-13(6-9-17)4-7-16-3;/h10,13,16H,4-9H2,1-3H3;1H. The van der Waals surface area contributed by atoms with E-state index in [2.05, 4.69) is 5.32 Å². The molecule has 0 bridgehead atoms. The highest BCUT2D eigenvalue weighted by Gasteiger charge is 2.26. The molecule has 0 spiro atoms. The summed E-state index contributed by atoms with van der Waals surface area (Å²) in [6.45, 7) is 6.59. The molecular weight excluding hydrogens is 276 g/mol. The number of amides is 1. The van der Waals surface area contributed by atoms with E-state index in [1.54, 1.807) is 0 Å². The van der Waals surface area contributed by atoms with Gasteiger partial charge in [-0.05, 0) is 58.7 Å². The minimum atomic E-state index is 0. The highest BCUT2D eigenvalue weighted by atomic mass is 35.5. The van der Waals surface area contributed by atoms with Crippen LogP contribution in [0.5, 0.6) is 0 Å². The first-order valence-corrected chi connectivity index (χ1v) is 7.12. The number of hydrogen-bond donors (Lipinski definition) is 1. The summed E-state index contributed by atoms with van der Waals surface area (Å²) in [5.41, 5.74) is 0.944. The number of aryl methyl sites for hydroxylation is 2. The fourth-order valence-corrected chi connectivity index (χ4v) is 2.77. The number of furan rings is 1. The Morgan fingerprint density at radius 3 is 2.55 bits per heavy atom. The summed E-state index contributed by atoms with van der Waals surface area (Å²) in [6.07, 6.45) is 3.41. The zero-order valence-electron chi connectivity index (χ0n) is 12.6. The van der Waals surface area contributed by atoms with Gasteiger partial charge < -0.3 is 14.6 Å². The predicted octanol–water partition coefficient (Wildman–Crippen LogP) is 2.78. The van der Waals surface area contributed by atoms with Gasteiger partial charge in [-0.2, -0.15) is 0 Å². The molecule has 1 N–H and O–H groups in total. The van der Waals surface area contributed by atoms with Gasteiger partial charge in [-0.15, -0.1) is 12.4 Å². The molecule has 1 fully saturated rings. The quantitative estimate of drug-likeness (QED) is 0.930. The van der Waals surface area contributed by atoms with Crippen LogP contribution in [-0.2, 0) is 0 Å². The van der Waals surface area contributed by atoms with Gasteiger partial charge >= 0.3 is 0 Å². The van der Waals surface area contributed by atoms with Crippen LogP contribution in [0.2, 0.25) is 0 Å². The molecule has 0 saturated carbocycles. The molecule has 0 aromatic carbocycles. The Morgan fingerprint density at radius 2 is 2.05 bits per heavy atom. The largest absolute Gasteiger partial charge is 0.456 e. The van der Waals surface area contributed by atoms with Crippen molar-refractivity contribution >= 4 is 18.3 Å². The lowest BCUT2D eigenvalue weighted by molar-refractivity contribution is 0.0652. The van der Waals surface area contributed by atoms with Crippen LogP contribution in [0.1, 0.15) is 41.1 Å². The minimum absolute atomic E-state index is 0. The van der Waals surface area contributed by atoms with E-state index in [0.717, 1.165) is 49.7 Å². The molecular formula is C15H25ClN2O2. The monoisotopic (exact) mass is 300 g/mol. The molecule has 114 valence electrons. The SMILES string of the molecule is CNCCC1CCN(C(=O)c2oc(C)cc2C)CC1.Cl. The van der Waals surface area contributed by atoms with E-state index >= 15 is 0 Å². The molecule has 4 nitrogen and oxygen atoms in total. The second-order valence-electron chi connectivity index (χ2n) is 5.50. The summed E-state index contributed by atoms with van der Waals surface area (Å²) < 4.78 is 5.52. The molecule has 1 aromatic rings. The predicted molar refractivity (Wildman–Crippen MR) is 82.6 cm³/mol. The number of carbonyl (C=O) groups excluding carboxylic acids is 1. The summed E-state index contributed by atoms with van der Waals surface area (Å²) in [4.78, 5) is 14.3. The van der Waals surface area contributed by atoms with Crippen molar-refractivity contribution in [3.05, 3.63) is 23.2 Å². The third-order valence-electron chi connectivity index (χ3n) is 3.94. The second-order valence-corrected chi connectivity index (χ2v) is 5.50. The fraction of sp³-hybridized carbons (Fsp3) is 0.667. The van der Waals surface area contributed by atoms with Crippen LogP contribution in [0, 0.1) is 19.8 Å². The summed E-state index contributed by atoms with van der Waals surface area (Å²) in [6, 6.07) is 1.92. The lowest BCUT2D eigenvalue weighted by Crippen LogP contribution is -2.39. The van der Waals surface area contributed by atoms with E-state index in [9.17, 15) is 4.79 Å². The van der Waals surface area contributed by atoms with Crippen LogP contribution >= 0.6 is 12.4 Å². The van der Waals surface area contributed by atoms with Crippen molar-refractivity contribution in [3.8, 4) is 0 Å². The van der Waals surface area contributed by atoms with Crippen LogP contribution in [0.4, 0.5) is 0 Å². The molecule has 20 heavy (non-hydrogen) atoms. The van der Waals surface area contributed by atoms with E-state index in [1.165, 1.54) is 6.42 Å². The van der Waals surface area contributed by atoms with Crippen LogP contribution in [-0.4, -0.2) is 37.5 Å². The Hall–Kier alpha value is -1.00. The van der Waals surface area contributed by atoms with Gasteiger partial charge in [0.15, 0.2) is 5.76 Å². The first kappa shape index (κ1) is 17.1.